The second-order valence-corrected chi connectivity index (χ2v) is 2.57. The number of nitrogens with two attached hydrogens (primary N) is 1. The summed E-state index contributed by atoms with van der Waals surface area (Å²) in [6.07, 6.45) is 0. The molecule has 1 aromatic carbocycles. The molecule has 11 heavy (non-hydrogen) atoms. The van der Waals surface area contributed by atoms with Gasteiger partial charge in [0.1, 0.15) is 0 Å². The summed E-state index contributed by atoms with van der Waals surface area (Å²) in [5.41, 5.74) is 8.84. The maximum atomic E-state index is 5.74. The fourth-order valence-electron chi connectivity index (χ4n) is 1.11. The molecule has 0 fully saturated rings. The SMILES string of the molecule is CCNc1c(C)cccc1N. The van der Waals surface area contributed by atoms with Crippen LogP contribution < -0.4 is 11.1 Å². The van der Waals surface area contributed by atoms with Crippen LogP contribution in [-0.2, 0) is 0 Å². The molecule has 3 N–H and O–H groups in total. The van der Waals surface area contributed by atoms with Crippen LogP contribution in [-0.4, -0.2) is 6.54 Å². The summed E-state index contributed by atoms with van der Waals surface area (Å²) in [5.74, 6) is 0. The highest BCUT2D eigenvalue weighted by Crippen LogP contribution is 2.21. The molecule has 2 nitrogen and oxygen atoms in total. The first-order chi connectivity index (χ1) is 5.25. The van der Waals surface area contributed by atoms with Crippen LogP contribution >= 0.6 is 0 Å². The van der Waals surface area contributed by atoms with E-state index in [0.29, 0.717) is 0 Å². The summed E-state index contributed by atoms with van der Waals surface area (Å²) in [4.78, 5) is 0. The van der Waals surface area contributed by atoms with Crippen molar-refractivity contribution in [2.45, 2.75) is 13.8 Å². The fourth-order valence-corrected chi connectivity index (χ4v) is 1.11. The Bertz CT molecular complexity index is 223. The smallest absolute Gasteiger partial charge is 0.0603 e. The molecular weight excluding hydrogens is 136 g/mol. The van der Waals surface area contributed by atoms with Crippen LogP contribution in [0.3, 0.4) is 0 Å². The van der Waals surface area contributed by atoms with Gasteiger partial charge in [0.15, 0.2) is 0 Å². The molecule has 0 aromatic heterocycles. The second kappa shape index (κ2) is 3.28. The Morgan fingerprint density at radius 2 is 2.18 bits per heavy atom. The Labute approximate surface area is 67.4 Å². The van der Waals surface area contributed by atoms with Crippen molar-refractivity contribution in [2.75, 3.05) is 17.6 Å². The van der Waals surface area contributed by atoms with E-state index in [1.54, 1.807) is 0 Å². The summed E-state index contributed by atoms with van der Waals surface area (Å²) in [6, 6.07) is 5.92. The molecule has 0 radical (unpaired) electrons. The number of anilines is 2. The molecule has 0 saturated carbocycles. The van der Waals surface area contributed by atoms with Crippen LogP contribution in [0.15, 0.2) is 18.2 Å². The molecule has 1 aromatic rings. The number of para-hydroxylation sites is 1. The van der Waals surface area contributed by atoms with E-state index in [4.69, 9.17) is 5.73 Å². The quantitative estimate of drug-likeness (QED) is 0.633. The van der Waals surface area contributed by atoms with E-state index >= 15 is 0 Å². The molecule has 2 heteroatoms. The van der Waals surface area contributed by atoms with Crippen LogP contribution in [0.25, 0.3) is 0 Å². The van der Waals surface area contributed by atoms with E-state index in [1.807, 2.05) is 25.1 Å². The molecule has 0 heterocycles. The lowest BCUT2D eigenvalue weighted by Crippen LogP contribution is -2.02. The Balaban J connectivity index is 3.00. The highest BCUT2D eigenvalue weighted by Gasteiger charge is 1.98. The third-order valence-electron chi connectivity index (χ3n) is 1.66. The maximum Gasteiger partial charge on any atom is 0.0603 e. The Kier molecular flexibility index (Phi) is 2.36. The summed E-state index contributed by atoms with van der Waals surface area (Å²) >= 11 is 0. The topological polar surface area (TPSA) is 38.0 Å². The zero-order valence-corrected chi connectivity index (χ0v) is 7.02. The van der Waals surface area contributed by atoms with Gasteiger partial charge < -0.3 is 11.1 Å². The third-order valence-corrected chi connectivity index (χ3v) is 1.66. The van der Waals surface area contributed by atoms with Gasteiger partial charge in [-0.2, -0.15) is 0 Å². The van der Waals surface area contributed by atoms with Gasteiger partial charge in [-0.25, -0.2) is 0 Å². The maximum absolute atomic E-state index is 5.74. The summed E-state index contributed by atoms with van der Waals surface area (Å²) < 4.78 is 0. The van der Waals surface area contributed by atoms with E-state index < -0.39 is 0 Å². The predicted octanol–water partition coefficient (Wildman–Crippen LogP) is 2.01. The number of rotatable bonds is 2. The van der Waals surface area contributed by atoms with Gasteiger partial charge in [-0.1, -0.05) is 12.1 Å². The van der Waals surface area contributed by atoms with E-state index in [1.165, 1.54) is 5.56 Å². The highest BCUT2D eigenvalue weighted by atomic mass is 14.9. The van der Waals surface area contributed by atoms with Crippen molar-refractivity contribution in [3.05, 3.63) is 23.8 Å². The molecule has 1 rings (SSSR count). The molecule has 0 unspecified atom stereocenters. The van der Waals surface area contributed by atoms with Gasteiger partial charge >= 0.3 is 0 Å². The molecule has 0 amide bonds. The minimum Gasteiger partial charge on any atom is -0.397 e. The van der Waals surface area contributed by atoms with Crippen molar-refractivity contribution in [1.82, 2.24) is 0 Å². The largest absolute Gasteiger partial charge is 0.397 e. The van der Waals surface area contributed by atoms with Crippen molar-refractivity contribution in [3.63, 3.8) is 0 Å². The average Bonchev–Trinajstić information content (AvgIpc) is 1.97. The van der Waals surface area contributed by atoms with Gasteiger partial charge in [0.05, 0.1) is 11.4 Å². The van der Waals surface area contributed by atoms with Crippen LogP contribution in [0.2, 0.25) is 0 Å². The number of hydrogen-bond donors (Lipinski definition) is 2. The number of benzene rings is 1. The van der Waals surface area contributed by atoms with Crippen LogP contribution in [0.4, 0.5) is 11.4 Å². The van der Waals surface area contributed by atoms with Crippen molar-refractivity contribution >= 4 is 11.4 Å². The van der Waals surface area contributed by atoms with Crippen molar-refractivity contribution in [1.29, 1.82) is 0 Å². The Morgan fingerprint density at radius 3 is 2.73 bits per heavy atom. The van der Waals surface area contributed by atoms with Crippen molar-refractivity contribution in [2.24, 2.45) is 0 Å². The van der Waals surface area contributed by atoms with Crippen molar-refractivity contribution in [3.8, 4) is 0 Å². The lowest BCUT2D eigenvalue weighted by molar-refractivity contribution is 1.20. The van der Waals surface area contributed by atoms with Gasteiger partial charge in [-0.3, -0.25) is 0 Å². The highest BCUT2D eigenvalue weighted by molar-refractivity contribution is 5.69. The van der Waals surface area contributed by atoms with E-state index in [2.05, 4.69) is 12.2 Å². The lowest BCUT2D eigenvalue weighted by atomic mass is 10.1. The molecule has 0 saturated heterocycles. The minimum absolute atomic E-state index is 0.826. The zero-order valence-electron chi connectivity index (χ0n) is 7.02. The van der Waals surface area contributed by atoms with Gasteiger partial charge in [-0.05, 0) is 25.5 Å². The lowest BCUT2D eigenvalue weighted by Gasteiger charge is -2.09. The summed E-state index contributed by atoms with van der Waals surface area (Å²) in [5, 5.41) is 3.22. The minimum atomic E-state index is 0.826. The molecule has 0 spiro atoms. The molecule has 0 bridgehead atoms. The molecule has 0 aliphatic heterocycles. The van der Waals surface area contributed by atoms with E-state index in [-0.39, 0.29) is 0 Å². The van der Waals surface area contributed by atoms with Gasteiger partial charge in [0, 0.05) is 6.54 Å². The normalized spacial score (nSPS) is 9.64. The van der Waals surface area contributed by atoms with Crippen molar-refractivity contribution < 1.29 is 0 Å². The molecule has 0 atom stereocenters. The number of nitrogens with one attached hydrogen (secondary N) is 1. The Morgan fingerprint density at radius 1 is 1.45 bits per heavy atom. The standard InChI is InChI=1S/C9H14N2/c1-3-11-9-7(2)5-4-6-8(9)10/h4-6,11H,3,10H2,1-2H3. The average molecular weight is 150 g/mol. The first kappa shape index (κ1) is 7.92. The van der Waals surface area contributed by atoms with Crippen LogP contribution in [0.1, 0.15) is 12.5 Å². The molecular formula is C9H14N2. The van der Waals surface area contributed by atoms with Crippen LogP contribution in [0.5, 0.6) is 0 Å². The van der Waals surface area contributed by atoms with Gasteiger partial charge in [0.2, 0.25) is 0 Å². The summed E-state index contributed by atoms with van der Waals surface area (Å²) in [6.45, 7) is 5.02. The monoisotopic (exact) mass is 150 g/mol. The van der Waals surface area contributed by atoms with Crippen LogP contribution in [0, 0.1) is 6.92 Å². The number of aryl methyl sites for hydroxylation is 1. The second-order valence-electron chi connectivity index (χ2n) is 2.57. The molecule has 0 aliphatic rings. The summed E-state index contributed by atoms with van der Waals surface area (Å²) in [7, 11) is 0. The predicted molar refractivity (Wildman–Crippen MR) is 49.8 cm³/mol. The Hall–Kier alpha value is -1.18. The molecule has 0 aliphatic carbocycles. The third kappa shape index (κ3) is 1.64. The zero-order chi connectivity index (χ0) is 8.27. The van der Waals surface area contributed by atoms with Gasteiger partial charge in [0.25, 0.3) is 0 Å². The first-order valence-corrected chi connectivity index (χ1v) is 3.84. The number of hydrogen-bond acceptors (Lipinski definition) is 2. The van der Waals surface area contributed by atoms with E-state index in [9.17, 15) is 0 Å². The number of nitrogen functional groups attached to an aromatic ring is 1. The molecule has 60 valence electrons. The van der Waals surface area contributed by atoms with Gasteiger partial charge in [-0.15, -0.1) is 0 Å². The first-order valence-electron chi connectivity index (χ1n) is 3.84. The fraction of sp³-hybridized carbons (Fsp3) is 0.333. The van der Waals surface area contributed by atoms with E-state index in [0.717, 1.165) is 17.9 Å².